The minimum Gasteiger partial charge on any atom is -0.386 e. The number of carbonyl (C=O) groups is 1. The van der Waals surface area contributed by atoms with Crippen LogP contribution in [0, 0.1) is 0 Å². The summed E-state index contributed by atoms with van der Waals surface area (Å²) in [7, 11) is 0. The van der Waals surface area contributed by atoms with Gasteiger partial charge >= 0.3 is 0 Å². The zero-order chi connectivity index (χ0) is 11.2. The highest BCUT2D eigenvalue weighted by Crippen LogP contribution is 2.34. The van der Waals surface area contributed by atoms with E-state index in [1.165, 1.54) is 11.3 Å². The van der Waals surface area contributed by atoms with Crippen LogP contribution in [-0.4, -0.2) is 34.6 Å². The molecule has 1 fully saturated rings. The Morgan fingerprint density at radius 2 is 2.20 bits per heavy atom. The normalized spacial score (nSPS) is 18.8. The third-order valence-electron chi connectivity index (χ3n) is 2.21. The van der Waals surface area contributed by atoms with Gasteiger partial charge in [-0.1, -0.05) is 0 Å². The Labute approximate surface area is 108 Å². The van der Waals surface area contributed by atoms with Crippen molar-refractivity contribution in [2.45, 2.75) is 12.5 Å². The van der Waals surface area contributed by atoms with Gasteiger partial charge in [0.1, 0.15) is 0 Å². The summed E-state index contributed by atoms with van der Waals surface area (Å²) in [5.41, 5.74) is -0.707. The predicted octanol–water partition coefficient (Wildman–Crippen LogP) is 2.48. The highest BCUT2D eigenvalue weighted by molar-refractivity contribution is 9.13. The summed E-state index contributed by atoms with van der Waals surface area (Å²) in [5.74, 6) is -0.0158. The molecule has 1 aliphatic rings. The van der Waals surface area contributed by atoms with E-state index in [-0.39, 0.29) is 5.91 Å². The summed E-state index contributed by atoms with van der Waals surface area (Å²) in [5, 5.41) is 9.53. The van der Waals surface area contributed by atoms with Crippen molar-refractivity contribution < 1.29 is 9.90 Å². The number of aliphatic hydroxyl groups is 1. The topological polar surface area (TPSA) is 40.5 Å². The van der Waals surface area contributed by atoms with Crippen LogP contribution in [0.2, 0.25) is 0 Å². The first-order valence-electron chi connectivity index (χ1n) is 4.35. The van der Waals surface area contributed by atoms with E-state index in [9.17, 15) is 9.90 Å². The Morgan fingerprint density at radius 1 is 1.60 bits per heavy atom. The van der Waals surface area contributed by atoms with Crippen molar-refractivity contribution in [2.75, 3.05) is 13.1 Å². The van der Waals surface area contributed by atoms with E-state index in [1.54, 1.807) is 17.9 Å². The fraction of sp³-hybridized carbons (Fsp3) is 0.444. The average molecular weight is 355 g/mol. The van der Waals surface area contributed by atoms with Gasteiger partial charge in [-0.2, -0.15) is 0 Å². The van der Waals surface area contributed by atoms with Crippen molar-refractivity contribution in [1.82, 2.24) is 4.90 Å². The van der Waals surface area contributed by atoms with Crippen molar-refractivity contribution in [3.05, 3.63) is 19.2 Å². The second kappa shape index (κ2) is 3.84. The molecule has 2 heterocycles. The first-order chi connectivity index (χ1) is 6.89. The van der Waals surface area contributed by atoms with Gasteiger partial charge in [0.25, 0.3) is 5.91 Å². The Hall–Kier alpha value is 0.0900. The van der Waals surface area contributed by atoms with Gasteiger partial charge in [-0.15, -0.1) is 11.3 Å². The average Bonchev–Trinajstić information content (AvgIpc) is 2.42. The Kier molecular flexibility index (Phi) is 2.96. The quantitative estimate of drug-likeness (QED) is 0.841. The Bertz CT molecular complexity index is 389. The van der Waals surface area contributed by atoms with Crippen LogP contribution in [0.3, 0.4) is 0 Å². The molecule has 0 aliphatic carbocycles. The lowest BCUT2D eigenvalue weighted by molar-refractivity contribution is -0.0667. The lowest BCUT2D eigenvalue weighted by Gasteiger charge is -2.43. The van der Waals surface area contributed by atoms with Gasteiger partial charge in [0, 0.05) is 4.47 Å². The maximum atomic E-state index is 11.9. The number of halogens is 2. The Balaban J connectivity index is 2.10. The molecule has 1 aromatic rings. The third kappa shape index (κ3) is 2.27. The summed E-state index contributed by atoms with van der Waals surface area (Å²) in [4.78, 5) is 14.2. The molecule has 0 radical (unpaired) electrons. The maximum absolute atomic E-state index is 11.9. The SMILES string of the molecule is CC1(O)CN(C(=O)c2cc(Br)c(Br)s2)C1. The molecule has 1 aromatic heterocycles. The fourth-order valence-corrected chi connectivity index (χ4v) is 3.53. The number of amides is 1. The van der Waals surface area contributed by atoms with Crippen LogP contribution >= 0.6 is 43.2 Å². The molecular formula is C9H9Br2NO2S. The standard InChI is InChI=1S/C9H9Br2NO2S/c1-9(14)3-12(4-9)8(13)6-2-5(10)7(11)15-6/h2,14H,3-4H2,1H3. The maximum Gasteiger partial charge on any atom is 0.264 e. The highest BCUT2D eigenvalue weighted by atomic mass is 79.9. The molecule has 0 saturated carbocycles. The number of likely N-dealkylation sites (tertiary alicyclic amines) is 1. The van der Waals surface area contributed by atoms with Gasteiger partial charge in [0.2, 0.25) is 0 Å². The molecule has 1 N–H and O–H groups in total. The number of rotatable bonds is 1. The summed E-state index contributed by atoms with van der Waals surface area (Å²) in [6.07, 6.45) is 0. The van der Waals surface area contributed by atoms with Crippen LogP contribution in [0.15, 0.2) is 14.3 Å². The molecule has 1 saturated heterocycles. The van der Waals surface area contributed by atoms with Gasteiger partial charge in [-0.25, -0.2) is 0 Å². The predicted molar refractivity (Wildman–Crippen MR) is 66.2 cm³/mol. The smallest absolute Gasteiger partial charge is 0.264 e. The molecule has 82 valence electrons. The summed E-state index contributed by atoms with van der Waals surface area (Å²) < 4.78 is 1.81. The van der Waals surface area contributed by atoms with E-state index in [0.717, 1.165) is 8.26 Å². The molecule has 0 bridgehead atoms. The molecule has 0 atom stereocenters. The van der Waals surface area contributed by atoms with Crippen LogP contribution < -0.4 is 0 Å². The minimum atomic E-state index is -0.707. The molecule has 6 heteroatoms. The molecule has 0 spiro atoms. The number of thiophene rings is 1. The second-order valence-electron chi connectivity index (χ2n) is 3.89. The molecular weight excluding hydrogens is 346 g/mol. The summed E-state index contributed by atoms with van der Waals surface area (Å²) in [6.45, 7) is 2.56. The van der Waals surface area contributed by atoms with E-state index in [2.05, 4.69) is 31.9 Å². The summed E-state index contributed by atoms with van der Waals surface area (Å²) in [6, 6.07) is 1.80. The van der Waals surface area contributed by atoms with Crippen LogP contribution in [0.5, 0.6) is 0 Å². The van der Waals surface area contributed by atoms with Crippen LogP contribution in [-0.2, 0) is 0 Å². The lowest BCUT2D eigenvalue weighted by Crippen LogP contribution is -2.61. The zero-order valence-corrected chi connectivity index (χ0v) is 11.9. The van der Waals surface area contributed by atoms with Crippen molar-refractivity contribution >= 4 is 49.1 Å². The van der Waals surface area contributed by atoms with Crippen LogP contribution in [0.1, 0.15) is 16.6 Å². The molecule has 0 unspecified atom stereocenters. The van der Waals surface area contributed by atoms with Gasteiger partial charge < -0.3 is 10.0 Å². The molecule has 0 aromatic carbocycles. The van der Waals surface area contributed by atoms with Gasteiger partial charge in [0.05, 0.1) is 27.4 Å². The van der Waals surface area contributed by atoms with E-state index in [4.69, 9.17) is 0 Å². The minimum absolute atomic E-state index is 0.0158. The number of β-amino-alcohol motifs (C(OH)–C–C–N with tert-alkyl or cyclic N) is 1. The Morgan fingerprint density at radius 3 is 2.60 bits per heavy atom. The zero-order valence-electron chi connectivity index (χ0n) is 7.96. The largest absolute Gasteiger partial charge is 0.386 e. The van der Waals surface area contributed by atoms with E-state index in [0.29, 0.717) is 18.0 Å². The molecule has 3 nitrogen and oxygen atoms in total. The number of hydrogen-bond acceptors (Lipinski definition) is 3. The second-order valence-corrected chi connectivity index (χ2v) is 7.11. The first kappa shape index (κ1) is 11.6. The molecule has 1 aliphatic heterocycles. The van der Waals surface area contributed by atoms with Crippen LogP contribution in [0.25, 0.3) is 0 Å². The van der Waals surface area contributed by atoms with E-state index >= 15 is 0 Å². The molecule has 15 heavy (non-hydrogen) atoms. The number of carbonyl (C=O) groups excluding carboxylic acids is 1. The molecule has 1 amide bonds. The number of nitrogens with zero attached hydrogens (tertiary/aromatic N) is 1. The lowest BCUT2D eigenvalue weighted by atomic mass is 9.97. The first-order valence-corrected chi connectivity index (χ1v) is 6.76. The van der Waals surface area contributed by atoms with Crippen molar-refractivity contribution in [3.8, 4) is 0 Å². The number of hydrogen-bond donors (Lipinski definition) is 1. The molecule has 2 rings (SSSR count). The van der Waals surface area contributed by atoms with Crippen molar-refractivity contribution in [3.63, 3.8) is 0 Å². The fourth-order valence-electron chi connectivity index (χ4n) is 1.53. The monoisotopic (exact) mass is 353 g/mol. The van der Waals surface area contributed by atoms with E-state index < -0.39 is 5.60 Å². The third-order valence-corrected chi connectivity index (χ3v) is 5.45. The van der Waals surface area contributed by atoms with Crippen molar-refractivity contribution in [2.24, 2.45) is 0 Å². The summed E-state index contributed by atoms with van der Waals surface area (Å²) >= 11 is 8.08. The van der Waals surface area contributed by atoms with Crippen LogP contribution in [0.4, 0.5) is 0 Å². The highest BCUT2D eigenvalue weighted by Gasteiger charge is 2.40. The van der Waals surface area contributed by atoms with Gasteiger partial charge in [-0.3, -0.25) is 4.79 Å². The van der Waals surface area contributed by atoms with E-state index in [1.807, 2.05) is 0 Å². The van der Waals surface area contributed by atoms with Gasteiger partial charge in [0.15, 0.2) is 0 Å². The van der Waals surface area contributed by atoms with Gasteiger partial charge in [-0.05, 0) is 44.8 Å². The van der Waals surface area contributed by atoms with Crippen molar-refractivity contribution in [1.29, 1.82) is 0 Å².